The van der Waals surface area contributed by atoms with E-state index in [4.69, 9.17) is 10.5 Å². The Morgan fingerprint density at radius 2 is 2.07 bits per heavy atom. The van der Waals surface area contributed by atoms with Crippen LogP contribution < -0.4 is 15.8 Å². The molecule has 13 heteroatoms. The molecule has 1 amide bonds. The fourth-order valence-electron chi connectivity index (χ4n) is 2.80. The van der Waals surface area contributed by atoms with Crippen LogP contribution >= 0.6 is 0 Å². The zero-order valence-electron chi connectivity index (χ0n) is 15.7. The first kappa shape index (κ1) is 21.2. The molecule has 1 aliphatic rings. The number of anilines is 1. The quantitative estimate of drug-likeness (QED) is 0.715. The van der Waals surface area contributed by atoms with Crippen molar-refractivity contribution in [1.29, 1.82) is 0 Å². The van der Waals surface area contributed by atoms with Gasteiger partial charge in [0.1, 0.15) is 28.6 Å². The van der Waals surface area contributed by atoms with Crippen molar-refractivity contribution in [2.24, 2.45) is 10.7 Å². The lowest BCUT2D eigenvalue weighted by molar-refractivity contribution is -0.208. The summed E-state index contributed by atoms with van der Waals surface area (Å²) in [6, 6.07) is 1.35. The number of alkyl halides is 3. The number of aromatic nitrogens is 3. The molecule has 0 aliphatic carbocycles. The van der Waals surface area contributed by atoms with Crippen LogP contribution in [0.5, 0.6) is 5.88 Å². The Morgan fingerprint density at radius 1 is 1.33 bits per heavy atom. The summed E-state index contributed by atoms with van der Waals surface area (Å²) in [4.78, 5) is 27.8. The first-order valence-electron chi connectivity index (χ1n) is 8.45. The number of amidine groups is 1. The number of nitrogens with two attached hydrogens (primary N) is 1. The minimum atomic E-state index is -4.74. The predicted octanol–water partition coefficient (Wildman–Crippen LogP) is 2.15. The molecule has 0 fully saturated rings. The van der Waals surface area contributed by atoms with Gasteiger partial charge in [0.15, 0.2) is 6.10 Å². The highest BCUT2D eigenvalue weighted by Crippen LogP contribution is 2.40. The molecule has 0 bridgehead atoms. The van der Waals surface area contributed by atoms with E-state index in [0.29, 0.717) is 0 Å². The number of nitrogens with zero attached hydrogens (tertiary/aromatic N) is 4. The number of nitrogens with one attached hydrogen (secondary N) is 1. The predicted molar refractivity (Wildman–Crippen MR) is 95.3 cm³/mol. The Labute approximate surface area is 167 Å². The lowest BCUT2D eigenvalue weighted by atomic mass is 9.89. The number of hydrogen-bond acceptors (Lipinski definition) is 8. The van der Waals surface area contributed by atoms with Crippen molar-refractivity contribution in [1.82, 2.24) is 15.0 Å². The van der Waals surface area contributed by atoms with Crippen molar-refractivity contribution < 1.29 is 31.8 Å². The Kier molecular flexibility index (Phi) is 5.46. The molecule has 1 aliphatic heterocycles. The molecule has 3 N–H and O–H groups in total. The number of rotatable bonds is 4. The summed E-state index contributed by atoms with van der Waals surface area (Å²) in [5.41, 5.74) is 3.10. The fourth-order valence-corrected chi connectivity index (χ4v) is 2.80. The number of aliphatic imine (C=N–C) groups is 1. The van der Waals surface area contributed by atoms with E-state index >= 15 is 0 Å². The van der Waals surface area contributed by atoms with Gasteiger partial charge in [-0.15, -0.1) is 0 Å². The Bertz CT molecular complexity index is 982. The van der Waals surface area contributed by atoms with Crippen LogP contribution in [0.1, 0.15) is 29.5 Å². The molecule has 0 saturated heterocycles. The molecule has 3 rings (SSSR count). The van der Waals surface area contributed by atoms with Crippen LogP contribution in [0.2, 0.25) is 0 Å². The number of methoxy groups -OCH3 is 1. The van der Waals surface area contributed by atoms with Gasteiger partial charge in [-0.05, 0) is 19.1 Å². The minimum absolute atomic E-state index is 0.0832. The van der Waals surface area contributed by atoms with Gasteiger partial charge in [0.25, 0.3) is 11.9 Å². The standard InChI is InChI=1S/C17H16F4N6O3/c1-16(5-10(17(19,20)21)30-15(22)27-16)13-8(18)3-4-11(25-13)26-14(28)9-6-24-12(29-2)7-23-9/h3-4,6-7,10H,5H2,1-2H3,(H2,22,27)(H,25,26,28)/t10-,16+/m0/s1. The lowest BCUT2D eigenvalue weighted by Gasteiger charge is -2.35. The molecule has 0 saturated carbocycles. The smallest absolute Gasteiger partial charge is 0.425 e. The molecule has 9 nitrogen and oxygen atoms in total. The van der Waals surface area contributed by atoms with Gasteiger partial charge in [0.2, 0.25) is 5.88 Å². The van der Waals surface area contributed by atoms with Gasteiger partial charge >= 0.3 is 6.18 Å². The van der Waals surface area contributed by atoms with E-state index in [-0.39, 0.29) is 17.4 Å². The van der Waals surface area contributed by atoms with Gasteiger partial charge in [0, 0.05) is 6.42 Å². The van der Waals surface area contributed by atoms with Gasteiger partial charge in [-0.2, -0.15) is 13.2 Å². The molecule has 0 spiro atoms. The number of carbonyl (C=O) groups excluding carboxylic acids is 1. The van der Waals surface area contributed by atoms with E-state index < -0.39 is 47.7 Å². The van der Waals surface area contributed by atoms with Crippen LogP contribution in [0, 0.1) is 5.82 Å². The summed E-state index contributed by atoms with van der Waals surface area (Å²) in [5.74, 6) is -1.57. The van der Waals surface area contributed by atoms with E-state index in [1.807, 2.05) is 0 Å². The highest BCUT2D eigenvalue weighted by Gasteiger charge is 2.50. The summed E-state index contributed by atoms with van der Waals surface area (Å²) < 4.78 is 63.2. The summed E-state index contributed by atoms with van der Waals surface area (Å²) >= 11 is 0. The third-order valence-electron chi connectivity index (χ3n) is 4.24. The second-order valence-electron chi connectivity index (χ2n) is 6.50. The number of pyridine rings is 1. The maximum absolute atomic E-state index is 14.5. The fraction of sp³-hybridized carbons (Fsp3) is 0.353. The SMILES string of the molecule is COc1cnc(C(=O)Nc2ccc(F)c([C@@]3(C)C[C@@H](C(F)(F)F)OC(N)=N3)n2)cn1. The van der Waals surface area contributed by atoms with E-state index in [9.17, 15) is 22.4 Å². The highest BCUT2D eigenvalue weighted by atomic mass is 19.4. The van der Waals surface area contributed by atoms with E-state index in [2.05, 4.69) is 30.0 Å². The molecular weight excluding hydrogens is 412 g/mol. The largest absolute Gasteiger partial charge is 0.480 e. The van der Waals surface area contributed by atoms with Crippen molar-refractivity contribution in [3.8, 4) is 5.88 Å². The number of carbonyl (C=O) groups is 1. The third kappa shape index (κ3) is 4.39. The number of hydrogen-bond donors (Lipinski definition) is 2. The molecule has 0 radical (unpaired) electrons. The average Bonchev–Trinajstić information content (AvgIpc) is 2.68. The van der Waals surface area contributed by atoms with E-state index in [0.717, 1.165) is 18.3 Å². The zero-order valence-corrected chi connectivity index (χ0v) is 15.7. The number of amides is 1. The second-order valence-corrected chi connectivity index (χ2v) is 6.50. The number of halogens is 4. The Morgan fingerprint density at radius 3 is 2.67 bits per heavy atom. The zero-order chi connectivity index (χ0) is 22.1. The van der Waals surface area contributed by atoms with E-state index in [1.54, 1.807) is 0 Å². The van der Waals surface area contributed by atoms with Crippen LogP contribution in [-0.4, -0.2) is 46.3 Å². The van der Waals surface area contributed by atoms with Crippen LogP contribution in [0.15, 0.2) is 29.5 Å². The van der Waals surface area contributed by atoms with Crippen LogP contribution in [0.3, 0.4) is 0 Å². The Balaban J connectivity index is 1.89. The van der Waals surface area contributed by atoms with Gasteiger partial charge in [-0.1, -0.05) is 0 Å². The molecule has 3 heterocycles. The van der Waals surface area contributed by atoms with Crippen LogP contribution in [0.4, 0.5) is 23.4 Å². The maximum Gasteiger partial charge on any atom is 0.425 e. The van der Waals surface area contributed by atoms with Gasteiger partial charge in [-0.25, -0.2) is 24.3 Å². The molecule has 2 aromatic heterocycles. The normalized spacial score (nSPS) is 21.4. The molecular formula is C17H16F4N6O3. The molecule has 2 atom stereocenters. The van der Waals surface area contributed by atoms with Crippen molar-refractivity contribution >= 4 is 17.7 Å². The first-order chi connectivity index (χ1) is 14.0. The van der Waals surface area contributed by atoms with Crippen LogP contribution in [-0.2, 0) is 10.3 Å². The topological polar surface area (TPSA) is 125 Å². The highest BCUT2D eigenvalue weighted by molar-refractivity contribution is 6.02. The summed E-state index contributed by atoms with van der Waals surface area (Å²) in [6.45, 7) is 1.24. The molecule has 160 valence electrons. The van der Waals surface area contributed by atoms with Crippen molar-refractivity contribution in [2.75, 3.05) is 12.4 Å². The average molecular weight is 428 g/mol. The number of ether oxygens (including phenoxy) is 2. The molecule has 0 unspecified atom stereocenters. The third-order valence-corrected chi connectivity index (χ3v) is 4.24. The van der Waals surface area contributed by atoms with Crippen molar-refractivity contribution in [3.63, 3.8) is 0 Å². The van der Waals surface area contributed by atoms with E-state index in [1.165, 1.54) is 20.2 Å². The lowest BCUT2D eigenvalue weighted by Crippen LogP contribution is -2.46. The summed E-state index contributed by atoms with van der Waals surface area (Å²) in [6.07, 6.45) is -5.40. The monoisotopic (exact) mass is 428 g/mol. The first-order valence-corrected chi connectivity index (χ1v) is 8.45. The van der Waals surface area contributed by atoms with Crippen molar-refractivity contribution in [2.45, 2.75) is 31.2 Å². The summed E-state index contributed by atoms with van der Waals surface area (Å²) in [7, 11) is 1.38. The van der Waals surface area contributed by atoms with Gasteiger partial charge in [0.05, 0.1) is 19.5 Å². The second kappa shape index (κ2) is 7.72. The van der Waals surface area contributed by atoms with Gasteiger partial charge in [-0.3, -0.25) is 4.79 Å². The molecule has 30 heavy (non-hydrogen) atoms. The van der Waals surface area contributed by atoms with Gasteiger partial charge < -0.3 is 20.5 Å². The Hall–Kier alpha value is -3.51. The van der Waals surface area contributed by atoms with Crippen LogP contribution in [0.25, 0.3) is 0 Å². The summed E-state index contributed by atoms with van der Waals surface area (Å²) in [5, 5.41) is 2.38. The maximum atomic E-state index is 14.5. The molecule has 0 aromatic carbocycles. The minimum Gasteiger partial charge on any atom is -0.480 e. The molecule has 2 aromatic rings. The van der Waals surface area contributed by atoms with Crippen molar-refractivity contribution in [3.05, 3.63) is 41.7 Å².